The lowest BCUT2D eigenvalue weighted by Gasteiger charge is -2.18. The molecule has 0 bridgehead atoms. The Morgan fingerprint density at radius 2 is 1.20 bits per heavy atom. The van der Waals surface area contributed by atoms with Gasteiger partial charge in [-0.05, 0) is 42.4 Å². The van der Waals surface area contributed by atoms with E-state index in [0.717, 1.165) is 5.92 Å². The van der Waals surface area contributed by atoms with Gasteiger partial charge >= 0.3 is 0 Å². The molecule has 0 aliphatic heterocycles. The third kappa shape index (κ3) is 2.70. The number of allylic oxidation sites excluding steroid dienone is 1. The highest BCUT2D eigenvalue weighted by Crippen LogP contribution is 2.37. The molecule has 0 unspecified atom stereocenters. The average molecular weight is 262 g/mol. The topological polar surface area (TPSA) is 0 Å². The lowest BCUT2D eigenvalue weighted by molar-refractivity contribution is 0.645. The first-order valence-electron chi connectivity index (χ1n) is 7.68. The minimum atomic E-state index is 0.769. The molecule has 1 aliphatic rings. The molecule has 0 heteroatoms. The van der Waals surface area contributed by atoms with Crippen LogP contribution in [0.2, 0.25) is 0 Å². The van der Waals surface area contributed by atoms with Crippen molar-refractivity contribution in [2.75, 3.05) is 0 Å². The molecule has 20 heavy (non-hydrogen) atoms. The highest BCUT2D eigenvalue weighted by atomic mass is 14.3. The Kier molecular flexibility index (Phi) is 4.01. The Morgan fingerprint density at radius 3 is 1.65 bits per heavy atom. The van der Waals surface area contributed by atoms with E-state index in [1.807, 2.05) is 0 Å². The number of hydrogen-bond donors (Lipinski definition) is 0. The summed E-state index contributed by atoms with van der Waals surface area (Å²) < 4.78 is 0. The van der Waals surface area contributed by atoms with Crippen LogP contribution in [0.3, 0.4) is 0 Å². The van der Waals surface area contributed by atoms with Crippen molar-refractivity contribution in [1.82, 2.24) is 0 Å². The van der Waals surface area contributed by atoms with E-state index in [-0.39, 0.29) is 0 Å². The Hall–Kier alpha value is -1.82. The summed E-state index contributed by atoms with van der Waals surface area (Å²) in [5, 5.41) is 0. The number of benzene rings is 2. The largest absolute Gasteiger partial charge is 0.0622 e. The molecule has 0 radical (unpaired) electrons. The Labute approximate surface area is 122 Å². The summed E-state index contributed by atoms with van der Waals surface area (Å²) in [6.07, 6.45) is 5.49. The zero-order chi connectivity index (χ0) is 13.8. The van der Waals surface area contributed by atoms with Crippen molar-refractivity contribution in [1.29, 1.82) is 0 Å². The monoisotopic (exact) mass is 262 g/mol. The minimum Gasteiger partial charge on any atom is -0.0622 e. The van der Waals surface area contributed by atoms with Gasteiger partial charge in [0.2, 0.25) is 0 Å². The van der Waals surface area contributed by atoms with E-state index >= 15 is 0 Å². The summed E-state index contributed by atoms with van der Waals surface area (Å²) in [5.74, 6) is 0.769. The highest BCUT2D eigenvalue weighted by molar-refractivity contribution is 5.82. The van der Waals surface area contributed by atoms with Gasteiger partial charge in [-0.15, -0.1) is 0 Å². The molecule has 2 aromatic carbocycles. The summed E-state index contributed by atoms with van der Waals surface area (Å²) in [7, 11) is 0. The maximum Gasteiger partial charge on any atom is -0.0119 e. The molecule has 0 heterocycles. The fourth-order valence-corrected chi connectivity index (χ4v) is 3.39. The molecule has 1 fully saturated rings. The van der Waals surface area contributed by atoms with Crippen molar-refractivity contribution in [3.8, 4) is 0 Å². The molecule has 102 valence electrons. The fourth-order valence-electron chi connectivity index (χ4n) is 3.39. The Bertz CT molecular complexity index is 530. The summed E-state index contributed by atoms with van der Waals surface area (Å²) in [4.78, 5) is 0. The van der Waals surface area contributed by atoms with Crippen LogP contribution in [-0.2, 0) is 0 Å². The normalized spacial score (nSPS) is 15.2. The van der Waals surface area contributed by atoms with Gasteiger partial charge < -0.3 is 0 Å². The van der Waals surface area contributed by atoms with Gasteiger partial charge in [0.05, 0.1) is 0 Å². The van der Waals surface area contributed by atoms with Gasteiger partial charge in [-0.3, -0.25) is 0 Å². The third-order valence-corrected chi connectivity index (χ3v) is 4.49. The van der Waals surface area contributed by atoms with Gasteiger partial charge in [0, 0.05) is 0 Å². The van der Waals surface area contributed by atoms with E-state index in [2.05, 4.69) is 67.6 Å². The van der Waals surface area contributed by atoms with Gasteiger partial charge in [-0.2, -0.15) is 0 Å². The molecule has 0 N–H and O–H groups in total. The highest BCUT2D eigenvalue weighted by Gasteiger charge is 2.20. The average Bonchev–Trinajstić information content (AvgIpc) is 3.04. The number of rotatable bonds is 3. The quantitative estimate of drug-likeness (QED) is 0.665. The zero-order valence-corrected chi connectivity index (χ0v) is 12.2. The molecule has 0 saturated heterocycles. The van der Waals surface area contributed by atoms with E-state index in [9.17, 15) is 0 Å². The molecular formula is C20H22. The van der Waals surface area contributed by atoms with Crippen LogP contribution in [0.4, 0.5) is 0 Å². The van der Waals surface area contributed by atoms with Crippen molar-refractivity contribution in [3.63, 3.8) is 0 Å². The summed E-state index contributed by atoms with van der Waals surface area (Å²) in [6, 6.07) is 21.7. The maximum absolute atomic E-state index is 2.34. The first-order valence-corrected chi connectivity index (χ1v) is 7.68. The third-order valence-electron chi connectivity index (χ3n) is 4.49. The second kappa shape index (κ2) is 6.09. The van der Waals surface area contributed by atoms with Crippen LogP contribution in [0.1, 0.15) is 43.7 Å². The van der Waals surface area contributed by atoms with Crippen LogP contribution in [0.15, 0.2) is 66.2 Å². The summed E-state index contributed by atoms with van der Waals surface area (Å²) in [5.41, 5.74) is 5.71. The molecule has 0 nitrogen and oxygen atoms in total. The predicted octanol–water partition coefficient (Wildman–Crippen LogP) is 5.70. The molecule has 1 saturated carbocycles. The molecule has 2 aromatic rings. The van der Waals surface area contributed by atoms with Gasteiger partial charge in [0.25, 0.3) is 0 Å². The van der Waals surface area contributed by atoms with Gasteiger partial charge in [-0.25, -0.2) is 0 Å². The smallest absolute Gasteiger partial charge is 0.0119 e. The second-order valence-electron chi connectivity index (χ2n) is 5.77. The molecular weight excluding hydrogens is 240 g/mol. The Morgan fingerprint density at radius 1 is 0.750 bits per heavy atom. The summed E-state index contributed by atoms with van der Waals surface area (Å²) >= 11 is 0. The number of hydrogen-bond acceptors (Lipinski definition) is 0. The van der Waals surface area contributed by atoms with Crippen LogP contribution < -0.4 is 0 Å². The first kappa shape index (κ1) is 13.2. The van der Waals surface area contributed by atoms with E-state index in [1.54, 1.807) is 5.57 Å². The maximum atomic E-state index is 2.34. The van der Waals surface area contributed by atoms with Crippen LogP contribution >= 0.6 is 0 Å². The second-order valence-corrected chi connectivity index (χ2v) is 5.77. The molecule has 0 atom stereocenters. The van der Waals surface area contributed by atoms with E-state index in [0.29, 0.717) is 0 Å². The fraction of sp³-hybridized carbons (Fsp3) is 0.300. The van der Waals surface area contributed by atoms with Crippen molar-refractivity contribution >= 4 is 5.57 Å². The Balaban J connectivity index is 2.11. The molecule has 0 aromatic heterocycles. The van der Waals surface area contributed by atoms with Crippen LogP contribution in [0.5, 0.6) is 0 Å². The van der Waals surface area contributed by atoms with Crippen LogP contribution in [0.25, 0.3) is 5.57 Å². The molecule has 0 spiro atoms. The van der Waals surface area contributed by atoms with Gasteiger partial charge in [-0.1, -0.05) is 79.1 Å². The SMILES string of the molecule is CC(=C(c1ccccc1)c1ccccc1)C1CCCC1. The van der Waals surface area contributed by atoms with Crippen molar-refractivity contribution in [2.24, 2.45) is 5.92 Å². The lowest BCUT2D eigenvalue weighted by Crippen LogP contribution is -2.01. The van der Waals surface area contributed by atoms with Crippen molar-refractivity contribution < 1.29 is 0 Å². The van der Waals surface area contributed by atoms with E-state index in [1.165, 1.54) is 42.4 Å². The van der Waals surface area contributed by atoms with Gasteiger partial charge in [0.15, 0.2) is 0 Å². The van der Waals surface area contributed by atoms with Crippen LogP contribution in [0, 0.1) is 5.92 Å². The van der Waals surface area contributed by atoms with Crippen LogP contribution in [-0.4, -0.2) is 0 Å². The molecule has 1 aliphatic carbocycles. The summed E-state index contributed by atoms with van der Waals surface area (Å²) in [6.45, 7) is 2.34. The standard InChI is InChI=1S/C20H22/c1-16(17-10-8-9-11-17)20(18-12-4-2-5-13-18)19-14-6-3-7-15-19/h2-7,12-15,17H,8-11H2,1H3. The van der Waals surface area contributed by atoms with Gasteiger partial charge in [0.1, 0.15) is 0 Å². The molecule has 0 amide bonds. The minimum absolute atomic E-state index is 0.769. The predicted molar refractivity (Wildman–Crippen MR) is 86.5 cm³/mol. The lowest BCUT2D eigenvalue weighted by atomic mass is 9.87. The van der Waals surface area contributed by atoms with Crippen molar-refractivity contribution in [3.05, 3.63) is 77.4 Å². The molecule has 3 rings (SSSR count). The van der Waals surface area contributed by atoms with E-state index < -0.39 is 0 Å². The van der Waals surface area contributed by atoms with E-state index in [4.69, 9.17) is 0 Å². The first-order chi connectivity index (χ1) is 9.86. The zero-order valence-electron chi connectivity index (χ0n) is 12.2. The van der Waals surface area contributed by atoms with Crippen molar-refractivity contribution in [2.45, 2.75) is 32.6 Å².